The smallest absolute Gasteiger partial charge is 0.270 e. The summed E-state index contributed by atoms with van der Waals surface area (Å²) in [6, 6.07) is 7.78. The summed E-state index contributed by atoms with van der Waals surface area (Å²) in [5.41, 5.74) is 4.99. The molecule has 5 rings (SSSR count). The lowest BCUT2D eigenvalue weighted by atomic mass is 10.1. The van der Waals surface area contributed by atoms with Gasteiger partial charge in [0.2, 0.25) is 5.95 Å². The number of H-pyrrole nitrogens is 1. The number of anilines is 2. The first kappa shape index (κ1) is 21.1. The quantitative estimate of drug-likeness (QED) is 0.486. The average molecular weight is 446 g/mol. The van der Waals surface area contributed by atoms with E-state index < -0.39 is 0 Å². The van der Waals surface area contributed by atoms with Crippen LogP contribution in [0, 0.1) is 6.92 Å². The van der Waals surface area contributed by atoms with Gasteiger partial charge in [-0.2, -0.15) is 0 Å². The molecule has 0 bridgehead atoms. The predicted octanol–water partition coefficient (Wildman–Crippen LogP) is 3.66. The Labute approximate surface area is 191 Å². The van der Waals surface area contributed by atoms with E-state index >= 15 is 0 Å². The summed E-state index contributed by atoms with van der Waals surface area (Å²) < 4.78 is 7.30. The van der Waals surface area contributed by atoms with Crippen LogP contribution in [0.1, 0.15) is 28.9 Å². The Balaban J connectivity index is 1.37. The second-order valence-corrected chi connectivity index (χ2v) is 8.48. The highest BCUT2D eigenvalue weighted by Gasteiger charge is 2.24. The molecule has 1 aromatic carbocycles. The van der Waals surface area contributed by atoms with Crippen LogP contribution in [0.25, 0.3) is 22.3 Å². The van der Waals surface area contributed by atoms with Crippen molar-refractivity contribution in [1.82, 2.24) is 29.4 Å². The van der Waals surface area contributed by atoms with Crippen molar-refractivity contribution in [2.75, 3.05) is 25.5 Å². The van der Waals surface area contributed by atoms with Crippen LogP contribution in [0.3, 0.4) is 0 Å². The normalized spacial score (nSPS) is 14.7. The molecule has 0 radical (unpaired) electrons. The number of nitrogens with one attached hydrogen (secondary N) is 2. The van der Waals surface area contributed by atoms with E-state index in [4.69, 9.17) is 4.74 Å². The molecule has 2 N–H and O–H groups in total. The Hall–Kier alpha value is -3.72. The number of methoxy groups -OCH3 is 1. The van der Waals surface area contributed by atoms with Crippen molar-refractivity contribution in [3.05, 3.63) is 54.2 Å². The summed E-state index contributed by atoms with van der Waals surface area (Å²) in [7, 11) is 3.65. The highest BCUT2D eigenvalue weighted by Crippen LogP contribution is 2.27. The number of carbonyl (C=O) groups excluding carboxylic acids is 1. The van der Waals surface area contributed by atoms with Crippen LogP contribution in [-0.4, -0.2) is 61.6 Å². The summed E-state index contributed by atoms with van der Waals surface area (Å²) in [4.78, 5) is 31.5. The molecular weight excluding hydrogens is 418 g/mol. The molecule has 1 saturated heterocycles. The van der Waals surface area contributed by atoms with E-state index in [9.17, 15) is 4.79 Å². The number of piperidine rings is 1. The first-order chi connectivity index (χ1) is 16.0. The van der Waals surface area contributed by atoms with Gasteiger partial charge in [0, 0.05) is 56.2 Å². The van der Waals surface area contributed by atoms with Gasteiger partial charge in [-0.25, -0.2) is 15.0 Å². The van der Waals surface area contributed by atoms with Gasteiger partial charge in [0.25, 0.3) is 5.91 Å². The molecule has 3 aromatic heterocycles. The van der Waals surface area contributed by atoms with Gasteiger partial charge >= 0.3 is 0 Å². The fraction of sp³-hybridized carbons (Fsp3) is 0.333. The molecule has 0 aliphatic carbocycles. The van der Waals surface area contributed by atoms with Crippen LogP contribution in [0.2, 0.25) is 0 Å². The third kappa shape index (κ3) is 4.31. The molecular formula is C24H27N7O2. The van der Waals surface area contributed by atoms with Crippen LogP contribution in [0.4, 0.5) is 11.6 Å². The standard InChI is InChI=1S/C24H27N7O2/c1-15-10-17(27-24-25-7-4-19(29-24)21-13-30(2)14-26-21)11-16-12-20(28-22(15)16)23(32)31-8-5-18(33-3)6-9-31/h4,7,10-14,18,28H,5-6,8-9H2,1-3H3,(H,25,27,29). The van der Waals surface area contributed by atoms with Crippen LogP contribution in [-0.2, 0) is 11.8 Å². The average Bonchev–Trinajstić information content (AvgIpc) is 3.46. The number of carbonyl (C=O) groups is 1. The van der Waals surface area contributed by atoms with Crippen molar-refractivity contribution >= 4 is 28.4 Å². The zero-order valence-electron chi connectivity index (χ0n) is 19.0. The third-order valence-corrected chi connectivity index (χ3v) is 6.10. The van der Waals surface area contributed by atoms with Crippen molar-refractivity contribution in [2.45, 2.75) is 25.9 Å². The molecule has 33 heavy (non-hydrogen) atoms. The molecule has 0 spiro atoms. The molecule has 9 nitrogen and oxygen atoms in total. The van der Waals surface area contributed by atoms with Gasteiger partial charge in [0.15, 0.2) is 0 Å². The number of hydrogen-bond donors (Lipinski definition) is 2. The molecule has 0 saturated carbocycles. The number of fused-ring (bicyclic) bond motifs is 1. The maximum atomic E-state index is 13.0. The van der Waals surface area contributed by atoms with Crippen LogP contribution < -0.4 is 5.32 Å². The van der Waals surface area contributed by atoms with Crippen LogP contribution >= 0.6 is 0 Å². The first-order valence-electron chi connectivity index (χ1n) is 11.0. The van der Waals surface area contributed by atoms with Crippen molar-refractivity contribution in [2.24, 2.45) is 7.05 Å². The van der Waals surface area contributed by atoms with E-state index in [0.717, 1.165) is 46.4 Å². The predicted molar refractivity (Wildman–Crippen MR) is 126 cm³/mol. The van der Waals surface area contributed by atoms with E-state index in [1.807, 2.05) is 53.9 Å². The first-order valence-corrected chi connectivity index (χ1v) is 11.0. The Morgan fingerprint density at radius 1 is 1.18 bits per heavy atom. The zero-order chi connectivity index (χ0) is 22.9. The Morgan fingerprint density at radius 2 is 2.00 bits per heavy atom. The molecule has 4 heterocycles. The SMILES string of the molecule is COC1CCN(C(=O)c2cc3cc(Nc4nccc(-c5cn(C)cn5)n4)cc(C)c3[nH]2)CC1. The van der Waals surface area contributed by atoms with Gasteiger partial charge in [0.1, 0.15) is 11.4 Å². The second-order valence-electron chi connectivity index (χ2n) is 8.48. The molecule has 9 heteroatoms. The number of aromatic amines is 1. The summed E-state index contributed by atoms with van der Waals surface area (Å²) >= 11 is 0. The fourth-order valence-corrected chi connectivity index (χ4v) is 4.31. The third-order valence-electron chi connectivity index (χ3n) is 6.10. The minimum absolute atomic E-state index is 0.0288. The van der Waals surface area contributed by atoms with E-state index in [-0.39, 0.29) is 12.0 Å². The molecule has 1 fully saturated rings. The zero-order valence-corrected chi connectivity index (χ0v) is 19.0. The number of aromatic nitrogens is 5. The van der Waals surface area contributed by atoms with Gasteiger partial charge in [0.05, 0.1) is 18.1 Å². The number of ether oxygens (including phenoxy) is 1. The monoisotopic (exact) mass is 445 g/mol. The Kier molecular flexibility index (Phi) is 5.55. The van der Waals surface area contributed by atoms with Crippen molar-refractivity contribution in [1.29, 1.82) is 0 Å². The number of benzene rings is 1. The number of hydrogen-bond acceptors (Lipinski definition) is 6. The minimum Gasteiger partial charge on any atom is -0.381 e. The molecule has 1 aliphatic rings. The maximum absolute atomic E-state index is 13.0. The number of imidazole rings is 1. The summed E-state index contributed by atoms with van der Waals surface area (Å²) in [6.07, 6.45) is 7.35. The molecule has 0 atom stereocenters. The lowest BCUT2D eigenvalue weighted by molar-refractivity contribution is 0.0348. The maximum Gasteiger partial charge on any atom is 0.270 e. The van der Waals surface area contributed by atoms with Gasteiger partial charge < -0.3 is 24.5 Å². The molecule has 4 aromatic rings. The van der Waals surface area contributed by atoms with Gasteiger partial charge in [-0.05, 0) is 49.6 Å². The summed E-state index contributed by atoms with van der Waals surface area (Å²) in [6.45, 7) is 3.44. The number of amides is 1. The van der Waals surface area contributed by atoms with Gasteiger partial charge in [-0.1, -0.05) is 0 Å². The largest absolute Gasteiger partial charge is 0.381 e. The number of aryl methyl sites for hydroxylation is 2. The number of rotatable bonds is 5. The van der Waals surface area contributed by atoms with E-state index in [0.29, 0.717) is 24.7 Å². The van der Waals surface area contributed by atoms with E-state index in [2.05, 4.69) is 25.3 Å². The van der Waals surface area contributed by atoms with E-state index in [1.54, 1.807) is 19.6 Å². The van der Waals surface area contributed by atoms with Crippen molar-refractivity contribution < 1.29 is 9.53 Å². The lowest BCUT2D eigenvalue weighted by Gasteiger charge is -2.30. The highest BCUT2D eigenvalue weighted by molar-refractivity contribution is 5.99. The van der Waals surface area contributed by atoms with Crippen LogP contribution in [0.15, 0.2) is 43.0 Å². The minimum atomic E-state index is 0.0288. The topological polar surface area (TPSA) is 101 Å². The fourth-order valence-electron chi connectivity index (χ4n) is 4.31. The molecule has 1 aliphatic heterocycles. The van der Waals surface area contributed by atoms with Gasteiger partial charge in [-0.15, -0.1) is 0 Å². The Morgan fingerprint density at radius 3 is 2.73 bits per heavy atom. The molecule has 0 unspecified atom stereocenters. The second kappa shape index (κ2) is 8.67. The summed E-state index contributed by atoms with van der Waals surface area (Å²) in [5, 5.41) is 4.25. The van der Waals surface area contributed by atoms with Gasteiger partial charge in [-0.3, -0.25) is 4.79 Å². The number of likely N-dealkylation sites (tertiary alicyclic amines) is 1. The van der Waals surface area contributed by atoms with E-state index in [1.165, 1.54) is 0 Å². The van der Waals surface area contributed by atoms with Crippen molar-refractivity contribution in [3.63, 3.8) is 0 Å². The number of nitrogens with zero attached hydrogens (tertiary/aromatic N) is 5. The van der Waals surface area contributed by atoms with Crippen molar-refractivity contribution in [3.8, 4) is 11.4 Å². The Bertz CT molecular complexity index is 1300. The highest BCUT2D eigenvalue weighted by atomic mass is 16.5. The lowest BCUT2D eigenvalue weighted by Crippen LogP contribution is -2.40. The molecule has 170 valence electrons. The van der Waals surface area contributed by atoms with Crippen LogP contribution in [0.5, 0.6) is 0 Å². The summed E-state index contributed by atoms with van der Waals surface area (Å²) in [5.74, 6) is 0.519. The molecule has 1 amide bonds.